The van der Waals surface area contributed by atoms with Gasteiger partial charge in [-0.15, -0.1) is 0 Å². The van der Waals surface area contributed by atoms with Gasteiger partial charge in [-0.2, -0.15) is 5.10 Å². The molecule has 1 N–H and O–H groups in total. The zero-order chi connectivity index (χ0) is 20.6. The van der Waals surface area contributed by atoms with Crippen LogP contribution in [0.2, 0.25) is 0 Å². The van der Waals surface area contributed by atoms with Gasteiger partial charge in [0.2, 0.25) is 10.0 Å². The molecule has 1 aliphatic heterocycles. The fourth-order valence-corrected chi connectivity index (χ4v) is 4.59. The molecule has 3 aromatic rings. The first kappa shape index (κ1) is 19.5. The topological polar surface area (TPSA) is 82.5 Å². The lowest BCUT2D eigenvalue weighted by Crippen LogP contribution is -2.27. The maximum atomic E-state index is 12.9. The van der Waals surface area contributed by atoms with Gasteiger partial charge in [-0.25, -0.2) is 17.8 Å². The number of aryl methyl sites for hydroxylation is 1. The zero-order valence-electron chi connectivity index (χ0n) is 16.5. The molecule has 0 saturated carbocycles. The summed E-state index contributed by atoms with van der Waals surface area (Å²) in [5, 5.41) is 4.44. The van der Waals surface area contributed by atoms with Crippen molar-refractivity contribution in [3.8, 4) is 17.2 Å². The van der Waals surface area contributed by atoms with Crippen molar-refractivity contribution < 1.29 is 17.9 Å². The van der Waals surface area contributed by atoms with Crippen molar-refractivity contribution in [3.05, 3.63) is 65.5 Å². The molecule has 29 heavy (non-hydrogen) atoms. The Hall–Kier alpha value is -2.84. The lowest BCUT2D eigenvalue weighted by molar-refractivity contribution is 0.171. The third-order valence-electron chi connectivity index (χ3n) is 4.95. The van der Waals surface area contributed by atoms with E-state index < -0.39 is 16.1 Å². The Morgan fingerprint density at radius 3 is 2.45 bits per heavy atom. The molecule has 0 fully saturated rings. The van der Waals surface area contributed by atoms with Crippen LogP contribution in [0.3, 0.4) is 0 Å². The molecule has 2 heterocycles. The van der Waals surface area contributed by atoms with Gasteiger partial charge in [-0.05, 0) is 45.0 Å². The van der Waals surface area contributed by atoms with Crippen LogP contribution in [0.15, 0.2) is 53.6 Å². The average molecular weight is 413 g/mol. The first-order valence-electron chi connectivity index (χ1n) is 9.39. The first-order chi connectivity index (χ1) is 13.8. The molecule has 0 aliphatic carbocycles. The molecule has 0 spiro atoms. The summed E-state index contributed by atoms with van der Waals surface area (Å²) >= 11 is 0. The van der Waals surface area contributed by atoms with Crippen LogP contribution >= 0.6 is 0 Å². The van der Waals surface area contributed by atoms with Crippen molar-refractivity contribution in [3.63, 3.8) is 0 Å². The van der Waals surface area contributed by atoms with Gasteiger partial charge in [0.15, 0.2) is 11.5 Å². The number of hydrogen-bond donors (Lipinski definition) is 1. The van der Waals surface area contributed by atoms with Crippen LogP contribution in [-0.4, -0.2) is 31.4 Å². The molecule has 0 saturated heterocycles. The number of sulfonamides is 1. The Kier molecular flexibility index (Phi) is 5.06. The van der Waals surface area contributed by atoms with E-state index in [1.54, 1.807) is 19.2 Å². The number of rotatable bonds is 5. The Balaban J connectivity index is 1.57. The van der Waals surface area contributed by atoms with E-state index in [0.717, 1.165) is 16.9 Å². The fourth-order valence-electron chi connectivity index (χ4n) is 3.35. The first-order valence-corrected chi connectivity index (χ1v) is 10.9. The molecular weight excluding hydrogens is 390 g/mol. The zero-order valence-corrected chi connectivity index (χ0v) is 17.4. The van der Waals surface area contributed by atoms with Crippen LogP contribution in [0, 0.1) is 13.8 Å². The minimum absolute atomic E-state index is 0.136. The van der Waals surface area contributed by atoms with E-state index in [-0.39, 0.29) is 4.90 Å². The smallest absolute Gasteiger partial charge is 0.241 e. The molecule has 1 aromatic heterocycles. The van der Waals surface area contributed by atoms with Crippen molar-refractivity contribution in [2.75, 3.05) is 13.2 Å². The van der Waals surface area contributed by atoms with Gasteiger partial charge in [0.1, 0.15) is 13.2 Å². The molecule has 0 bridgehead atoms. The van der Waals surface area contributed by atoms with E-state index in [1.165, 1.54) is 17.7 Å². The van der Waals surface area contributed by atoms with E-state index in [0.29, 0.717) is 24.7 Å². The molecule has 0 unspecified atom stereocenters. The lowest BCUT2D eigenvalue weighted by atomic mass is 10.1. The highest BCUT2D eigenvalue weighted by Gasteiger charge is 2.24. The summed E-state index contributed by atoms with van der Waals surface area (Å²) in [6, 6.07) is 12.2. The number of fused-ring (bicyclic) bond motifs is 1. The van der Waals surface area contributed by atoms with E-state index in [1.807, 2.05) is 42.8 Å². The molecule has 0 radical (unpaired) electrons. The largest absolute Gasteiger partial charge is 0.486 e. The summed E-state index contributed by atoms with van der Waals surface area (Å²) < 4.78 is 41.3. The van der Waals surface area contributed by atoms with Crippen LogP contribution in [0.25, 0.3) is 5.69 Å². The monoisotopic (exact) mass is 413 g/mol. The summed E-state index contributed by atoms with van der Waals surface area (Å²) in [4.78, 5) is 0.136. The number of ether oxygens (including phenoxy) is 2. The number of hydrogen-bond acceptors (Lipinski definition) is 5. The maximum absolute atomic E-state index is 12.9. The number of nitrogens with zero attached hydrogens (tertiary/aromatic N) is 2. The standard InChI is InChI=1S/C21H23N3O4S/c1-14-4-6-17(7-5-14)24-16(3)19(13-22-24)15(2)23-29(25,26)18-8-9-20-21(12-18)28-11-10-27-20/h4-9,12-13,15,23H,10-11H2,1-3H3/t15-/m1/s1. The molecule has 0 amide bonds. The lowest BCUT2D eigenvalue weighted by Gasteiger charge is -2.19. The van der Waals surface area contributed by atoms with Gasteiger partial charge >= 0.3 is 0 Å². The highest BCUT2D eigenvalue weighted by molar-refractivity contribution is 7.89. The Labute approximate surface area is 170 Å². The molecule has 152 valence electrons. The molecule has 4 rings (SSSR count). The van der Waals surface area contributed by atoms with Crippen molar-refractivity contribution in [1.29, 1.82) is 0 Å². The van der Waals surface area contributed by atoms with Crippen molar-refractivity contribution >= 4 is 10.0 Å². The van der Waals surface area contributed by atoms with E-state index >= 15 is 0 Å². The summed E-state index contributed by atoms with van der Waals surface area (Å²) in [5.41, 5.74) is 3.79. The predicted molar refractivity (Wildman–Crippen MR) is 109 cm³/mol. The van der Waals surface area contributed by atoms with Crippen LogP contribution in [0.5, 0.6) is 11.5 Å². The van der Waals surface area contributed by atoms with Crippen LogP contribution in [0.1, 0.15) is 29.8 Å². The third-order valence-corrected chi connectivity index (χ3v) is 6.49. The Morgan fingerprint density at radius 1 is 1.03 bits per heavy atom. The summed E-state index contributed by atoms with van der Waals surface area (Å²) in [6.07, 6.45) is 1.70. The Morgan fingerprint density at radius 2 is 1.72 bits per heavy atom. The van der Waals surface area contributed by atoms with E-state index in [2.05, 4.69) is 9.82 Å². The average Bonchev–Trinajstić information content (AvgIpc) is 3.09. The molecular formula is C21H23N3O4S. The number of nitrogens with one attached hydrogen (secondary N) is 1. The van der Waals surface area contributed by atoms with Gasteiger partial charge in [-0.3, -0.25) is 0 Å². The van der Waals surface area contributed by atoms with Crippen LogP contribution in [0.4, 0.5) is 0 Å². The van der Waals surface area contributed by atoms with Gasteiger partial charge in [-0.1, -0.05) is 17.7 Å². The van der Waals surface area contributed by atoms with Gasteiger partial charge in [0.05, 0.1) is 16.8 Å². The number of aromatic nitrogens is 2. The van der Waals surface area contributed by atoms with Gasteiger partial charge in [0.25, 0.3) is 0 Å². The second-order valence-corrected chi connectivity index (χ2v) is 8.80. The van der Waals surface area contributed by atoms with Gasteiger partial charge < -0.3 is 9.47 Å². The molecule has 7 nitrogen and oxygen atoms in total. The van der Waals surface area contributed by atoms with Crippen molar-refractivity contribution in [1.82, 2.24) is 14.5 Å². The predicted octanol–water partition coefficient (Wildman–Crippen LogP) is 3.30. The highest BCUT2D eigenvalue weighted by Crippen LogP contribution is 2.32. The SMILES string of the molecule is Cc1ccc(-n2ncc([C@@H](C)NS(=O)(=O)c3ccc4c(c3)OCCO4)c2C)cc1. The fraction of sp³-hybridized carbons (Fsp3) is 0.286. The van der Waals surface area contributed by atoms with Crippen LogP contribution < -0.4 is 14.2 Å². The Bertz CT molecular complexity index is 1140. The normalized spacial score (nSPS) is 14.6. The van der Waals surface area contributed by atoms with Crippen molar-refractivity contribution in [2.24, 2.45) is 0 Å². The summed E-state index contributed by atoms with van der Waals surface area (Å²) in [7, 11) is -3.74. The molecule has 2 aromatic carbocycles. The molecule has 1 aliphatic rings. The highest BCUT2D eigenvalue weighted by atomic mass is 32.2. The summed E-state index contributed by atoms with van der Waals surface area (Å²) in [6.45, 7) is 6.62. The molecule has 8 heteroatoms. The third kappa shape index (κ3) is 3.86. The van der Waals surface area contributed by atoms with E-state index in [9.17, 15) is 8.42 Å². The minimum atomic E-state index is -3.74. The minimum Gasteiger partial charge on any atom is -0.486 e. The second kappa shape index (κ2) is 7.53. The summed E-state index contributed by atoms with van der Waals surface area (Å²) in [5.74, 6) is 0.994. The molecule has 1 atom stereocenters. The maximum Gasteiger partial charge on any atom is 0.241 e. The van der Waals surface area contributed by atoms with Crippen LogP contribution in [-0.2, 0) is 10.0 Å². The quantitative estimate of drug-likeness (QED) is 0.694. The van der Waals surface area contributed by atoms with E-state index in [4.69, 9.17) is 9.47 Å². The number of benzene rings is 2. The van der Waals surface area contributed by atoms with Crippen molar-refractivity contribution in [2.45, 2.75) is 31.7 Å². The van der Waals surface area contributed by atoms with Gasteiger partial charge in [0, 0.05) is 23.4 Å². The second-order valence-electron chi connectivity index (χ2n) is 7.08.